The average Bonchev–Trinajstić information content (AvgIpc) is 2.78. The second kappa shape index (κ2) is 6.94. The zero-order valence-corrected chi connectivity index (χ0v) is 10.5. The predicted octanol–water partition coefficient (Wildman–Crippen LogP) is 0.739. The first-order valence-electron chi connectivity index (χ1n) is 6.17. The summed E-state index contributed by atoms with van der Waals surface area (Å²) in [6, 6.07) is 0.308. The molecule has 1 unspecified atom stereocenters. The number of nitrogens with one attached hydrogen (secondary N) is 2. The minimum atomic E-state index is -4.35. The second-order valence-electron chi connectivity index (χ2n) is 4.61. The fraction of sp³-hybridized carbons (Fsp3) is 0.909. The van der Waals surface area contributed by atoms with Crippen LogP contribution in [-0.2, 0) is 4.79 Å². The van der Waals surface area contributed by atoms with Crippen molar-refractivity contribution in [3.05, 3.63) is 0 Å². The summed E-state index contributed by atoms with van der Waals surface area (Å²) in [6.45, 7) is 3.43. The number of carbonyl (C=O) groups is 1. The number of hydrogen-bond donors (Lipinski definition) is 2. The average molecular weight is 267 g/mol. The van der Waals surface area contributed by atoms with Gasteiger partial charge in [0, 0.05) is 12.6 Å². The number of halogens is 3. The number of carbonyl (C=O) groups excluding carboxylic acids is 1. The van der Waals surface area contributed by atoms with E-state index >= 15 is 0 Å². The van der Waals surface area contributed by atoms with Crippen molar-refractivity contribution in [2.75, 3.05) is 32.7 Å². The van der Waals surface area contributed by atoms with Gasteiger partial charge >= 0.3 is 6.18 Å². The summed E-state index contributed by atoms with van der Waals surface area (Å²) >= 11 is 0. The van der Waals surface area contributed by atoms with E-state index in [2.05, 4.69) is 10.2 Å². The third kappa shape index (κ3) is 6.20. The SMILES string of the molecule is CC(CNCC(=O)NCC(F)(F)F)N1CCCC1. The fourth-order valence-corrected chi connectivity index (χ4v) is 1.97. The molecule has 1 heterocycles. The molecule has 1 fully saturated rings. The van der Waals surface area contributed by atoms with Crippen LogP contribution < -0.4 is 10.6 Å². The van der Waals surface area contributed by atoms with Gasteiger partial charge in [-0.2, -0.15) is 13.2 Å². The fourth-order valence-electron chi connectivity index (χ4n) is 1.97. The molecule has 0 aromatic heterocycles. The molecule has 1 amide bonds. The highest BCUT2D eigenvalue weighted by atomic mass is 19.4. The lowest BCUT2D eigenvalue weighted by atomic mass is 10.3. The van der Waals surface area contributed by atoms with Gasteiger partial charge in [0.05, 0.1) is 6.54 Å². The Balaban J connectivity index is 2.07. The normalized spacial score (nSPS) is 18.9. The first kappa shape index (κ1) is 15.2. The van der Waals surface area contributed by atoms with E-state index in [9.17, 15) is 18.0 Å². The molecule has 1 aliphatic heterocycles. The number of likely N-dealkylation sites (tertiary alicyclic amines) is 1. The molecule has 0 spiro atoms. The Kier molecular flexibility index (Phi) is 5.87. The van der Waals surface area contributed by atoms with Crippen molar-refractivity contribution >= 4 is 5.91 Å². The van der Waals surface area contributed by atoms with Gasteiger partial charge in [0.2, 0.25) is 5.91 Å². The van der Waals surface area contributed by atoms with Crippen molar-refractivity contribution in [3.8, 4) is 0 Å². The molecule has 18 heavy (non-hydrogen) atoms. The van der Waals surface area contributed by atoms with Crippen molar-refractivity contribution < 1.29 is 18.0 Å². The highest BCUT2D eigenvalue weighted by molar-refractivity contribution is 5.77. The van der Waals surface area contributed by atoms with Gasteiger partial charge < -0.3 is 10.6 Å². The van der Waals surface area contributed by atoms with E-state index in [0.717, 1.165) is 13.1 Å². The number of amides is 1. The predicted molar refractivity (Wildman–Crippen MR) is 62.2 cm³/mol. The van der Waals surface area contributed by atoms with E-state index in [1.54, 1.807) is 0 Å². The van der Waals surface area contributed by atoms with Crippen LogP contribution in [0.4, 0.5) is 13.2 Å². The van der Waals surface area contributed by atoms with E-state index in [0.29, 0.717) is 12.6 Å². The maximum Gasteiger partial charge on any atom is 0.405 e. The van der Waals surface area contributed by atoms with E-state index < -0.39 is 18.6 Å². The summed E-state index contributed by atoms with van der Waals surface area (Å²) < 4.78 is 35.5. The second-order valence-corrected chi connectivity index (χ2v) is 4.61. The Hall–Kier alpha value is -0.820. The third-order valence-electron chi connectivity index (χ3n) is 2.98. The van der Waals surface area contributed by atoms with Gasteiger partial charge in [-0.15, -0.1) is 0 Å². The van der Waals surface area contributed by atoms with Crippen molar-refractivity contribution in [1.82, 2.24) is 15.5 Å². The highest BCUT2D eigenvalue weighted by Crippen LogP contribution is 2.12. The first-order valence-corrected chi connectivity index (χ1v) is 6.17. The first-order chi connectivity index (χ1) is 8.38. The minimum absolute atomic E-state index is 0.0751. The molecule has 0 aliphatic carbocycles. The Morgan fingerprint density at radius 3 is 2.50 bits per heavy atom. The third-order valence-corrected chi connectivity index (χ3v) is 2.98. The Morgan fingerprint density at radius 1 is 1.33 bits per heavy atom. The van der Waals surface area contributed by atoms with Crippen LogP contribution in [0.25, 0.3) is 0 Å². The van der Waals surface area contributed by atoms with Gasteiger partial charge in [0.15, 0.2) is 0 Å². The number of alkyl halides is 3. The minimum Gasteiger partial charge on any atom is -0.346 e. The van der Waals surface area contributed by atoms with Crippen molar-refractivity contribution in [2.24, 2.45) is 0 Å². The molecule has 2 N–H and O–H groups in total. The van der Waals surface area contributed by atoms with Crippen molar-refractivity contribution in [2.45, 2.75) is 32.0 Å². The van der Waals surface area contributed by atoms with Gasteiger partial charge in [-0.3, -0.25) is 9.69 Å². The molecule has 1 rings (SSSR count). The van der Waals surface area contributed by atoms with E-state index in [-0.39, 0.29) is 6.54 Å². The van der Waals surface area contributed by atoms with E-state index in [4.69, 9.17) is 0 Å². The molecular weight excluding hydrogens is 247 g/mol. The molecule has 1 aliphatic rings. The van der Waals surface area contributed by atoms with Gasteiger partial charge in [-0.25, -0.2) is 0 Å². The largest absolute Gasteiger partial charge is 0.405 e. The molecule has 0 saturated carbocycles. The van der Waals surface area contributed by atoms with E-state index in [1.807, 2.05) is 12.2 Å². The zero-order chi connectivity index (χ0) is 13.6. The molecule has 4 nitrogen and oxygen atoms in total. The molecule has 0 aromatic rings. The van der Waals surface area contributed by atoms with Gasteiger partial charge in [0.1, 0.15) is 6.54 Å². The maximum atomic E-state index is 11.8. The molecule has 1 atom stereocenters. The highest BCUT2D eigenvalue weighted by Gasteiger charge is 2.27. The number of nitrogens with zero attached hydrogens (tertiary/aromatic N) is 1. The Bertz CT molecular complexity index is 265. The van der Waals surface area contributed by atoms with Crippen LogP contribution >= 0.6 is 0 Å². The lowest BCUT2D eigenvalue weighted by Gasteiger charge is -2.23. The summed E-state index contributed by atoms with van der Waals surface area (Å²) in [5.74, 6) is -0.624. The van der Waals surface area contributed by atoms with Crippen LogP contribution in [0.5, 0.6) is 0 Å². The number of rotatable bonds is 6. The molecule has 0 radical (unpaired) electrons. The van der Waals surface area contributed by atoms with Gasteiger partial charge in [-0.1, -0.05) is 0 Å². The zero-order valence-electron chi connectivity index (χ0n) is 10.5. The van der Waals surface area contributed by atoms with Gasteiger partial charge in [-0.05, 0) is 32.9 Å². The summed E-state index contributed by atoms with van der Waals surface area (Å²) in [5.41, 5.74) is 0. The van der Waals surface area contributed by atoms with Crippen molar-refractivity contribution in [1.29, 1.82) is 0 Å². The molecule has 0 bridgehead atoms. The lowest BCUT2D eigenvalue weighted by Crippen LogP contribution is -2.43. The van der Waals surface area contributed by atoms with Crippen LogP contribution in [0, 0.1) is 0 Å². The van der Waals surface area contributed by atoms with Crippen LogP contribution in [0.2, 0.25) is 0 Å². The van der Waals surface area contributed by atoms with Crippen LogP contribution in [-0.4, -0.2) is 55.7 Å². The molecule has 0 aromatic carbocycles. The summed E-state index contributed by atoms with van der Waals surface area (Å²) in [4.78, 5) is 13.4. The van der Waals surface area contributed by atoms with Crippen LogP contribution in [0.15, 0.2) is 0 Å². The molecule has 106 valence electrons. The summed E-state index contributed by atoms with van der Waals surface area (Å²) in [6.07, 6.45) is -1.97. The van der Waals surface area contributed by atoms with Crippen LogP contribution in [0.1, 0.15) is 19.8 Å². The number of hydrogen-bond acceptors (Lipinski definition) is 3. The Morgan fingerprint density at radius 2 is 1.94 bits per heavy atom. The van der Waals surface area contributed by atoms with Crippen LogP contribution in [0.3, 0.4) is 0 Å². The van der Waals surface area contributed by atoms with Crippen molar-refractivity contribution in [3.63, 3.8) is 0 Å². The lowest BCUT2D eigenvalue weighted by molar-refractivity contribution is -0.137. The topological polar surface area (TPSA) is 44.4 Å². The monoisotopic (exact) mass is 267 g/mol. The van der Waals surface area contributed by atoms with E-state index in [1.165, 1.54) is 12.8 Å². The quantitative estimate of drug-likeness (QED) is 0.746. The molecular formula is C11H20F3N3O. The maximum absolute atomic E-state index is 11.8. The summed E-state index contributed by atoms with van der Waals surface area (Å²) in [7, 11) is 0. The Labute approximate surface area is 105 Å². The summed E-state index contributed by atoms with van der Waals surface area (Å²) in [5, 5.41) is 4.70. The molecule has 1 saturated heterocycles. The standard InChI is InChI=1S/C11H20F3N3O/c1-9(17-4-2-3-5-17)6-15-7-10(18)16-8-11(12,13)14/h9,15H,2-8H2,1H3,(H,16,18). The molecule has 7 heteroatoms. The smallest absolute Gasteiger partial charge is 0.346 e. The van der Waals surface area contributed by atoms with Gasteiger partial charge in [0.25, 0.3) is 0 Å².